The number of carbonyl (C=O) groups is 2. The highest BCUT2D eigenvalue weighted by Crippen LogP contribution is 2.52. The largest absolute Gasteiger partial charge is 0.370 e. The molecule has 4 atom stereocenters. The molecule has 3 aliphatic rings. The third kappa shape index (κ3) is 4.17. The molecule has 2 fully saturated rings. The summed E-state index contributed by atoms with van der Waals surface area (Å²) in [6, 6.07) is 0. The highest BCUT2D eigenvalue weighted by Gasteiger charge is 2.58. The first-order valence-corrected chi connectivity index (χ1v) is 9.06. The minimum atomic E-state index is -0.0984. The number of guanidine groups is 1. The number of amides is 2. The molecule has 7 heteroatoms. The third-order valence-electron chi connectivity index (χ3n) is 5.41. The Kier molecular flexibility index (Phi) is 6.87. The molecule has 3 N–H and O–H groups in total. The summed E-state index contributed by atoms with van der Waals surface area (Å²) in [5, 5.41) is 3.08. The predicted molar refractivity (Wildman–Crippen MR) is 108 cm³/mol. The van der Waals surface area contributed by atoms with Gasteiger partial charge in [-0.15, -0.1) is 24.0 Å². The van der Waals surface area contributed by atoms with Crippen LogP contribution in [0, 0.1) is 29.6 Å². The molecular formula is C18H29IN4O2. The number of nitrogens with two attached hydrogens (primary N) is 1. The number of rotatable bonds is 7. The zero-order valence-corrected chi connectivity index (χ0v) is 17.3. The van der Waals surface area contributed by atoms with Crippen LogP contribution in [0.5, 0.6) is 0 Å². The Bertz CT molecular complexity index is 545. The molecule has 0 aromatic rings. The normalized spacial score (nSPS) is 30.2. The number of halogens is 1. The number of carbonyl (C=O) groups excluding carboxylic acids is 2. The minimum absolute atomic E-state index is 0. The standard InChI is InChI=1S/C18H28N4O2.HI/c1-11(2)6-8-21-18(19)20-7-3-9-22-16(23)14-12-4-5-13(10-12)15(14)17(22)24;/h4-5,11-15H,3,6-10H2,1-2H3,(H3,19,20,21);1H. The number of likely N-dealkylation sites (tertiary alicyclic amines) is 1. The van der Waals surface area contributed by atoms with Gasteiger partial charge in [-0.2, -0.15) is 0 Å². The zero-order valence-electron chi connectivity index (χ0n) is 15.0. The lowest BCUT2D eigenvalue weighted by atomic mass is 9.85. The number of nitrogens with zero attached hydrogens (tertiary/aromatic N) is 2. The molecule has 0 radical (unpaired) electrons. The molecule has 1 saturated carbocycles. The molecule has 2 bridgehead atoms. The highest BCUT2D eigenvalue weighted by molar-refractivity contribution is 14.0. The van der Waals surface area contributed by atoms with Crippen molar-refractivity contribution in [3.63, 3.8) is 0 Å². The number of allylic oxidation sites excluding steroid dienone is 2. The summed E-state index contributed by atoms with van der Waals surface area (Å²) >= 11 is 0. The maximum absolute atomic E-state index is 12.5. The van der Waals surface area contributed by atoms with Gasteiger partial charge in [-0.3, -0.25) is 19.5 Å². The van der Waals surface area contributed by atoms with Crippen LogP contribution >= 0.6 is 24.0 Å². The molecule has 1 heterocycles. The number of nitrogens with one attached hydrogen (secondary N) is 1. The highest BCUT2D eigenvalue weighted by atomic mass is 127. The molecule has 1 aliphatic heterocycles. The fourth-order valence-electron chi connectivity index (χ4n) is 4.16. The molecular weight excluding hydrogens is 431 g/mol. The molecule has 2 aliphatic carbocycles. The van der Waals surface area contributed by atoms with Crippen molar-refractivity contribution < 1.29 is 9.59 Å². The van der Waals surface area contributed by atoms with Crippen molar-refractivity contribution in [2.24, 2.45) is 40.3 Å². The van der Waals surface area contributed by atoms with Gasteiger partial charge in [-0.1, -0.05) is 26.0 Å². The van der Waals surface area contributed by atoms with Crippen molar-refractivity contribution in [1.29, 1.82) is 0 Å². The van der Waals surface area contributed by atoms with Crippen LogP contribution in [0.2, 0.25) is 0 Å². The van der Waals surface area contributed by atoms with Gasteiger partial charge in [-0.25, -0.2) is 0 Å². The number of hydrogen-bond donors (Lipinski definition) is 2. The summed E-state index contributed by atoms with van der Waals surface area (Å²) < 4.78 is 0. The molecule has 25 heavy (non-hydrogen) atoms. The second-order valence-corrected chi connectivity index (χ2v) is 7.56. The summed E-state index contributed by atoms with van der Waals surface area (Å²) in [6.45, 7) is 6.12. The van der Waals surface area contributed by atoms with Gasteiger partial charge in [0.1, 0.15) is 0 Å². The summed E-state index contributed by atoms with van der Waals surface area (Å²) in [5.41, 5.74) is 5.81. The monoisotopic (exact) mass is 460 g/mol. The predicted octanol–water partition coefficient (Wildman–Crippen LogP) is 1.75. The van der Waals surface area contributed by atoms with Crippen LogP contribution in [0.25, 0.3) is 0 Å². The van der Waals surface area contributed by atoms with E-state index in [2.05, 4.69) is 36.3 Å². The van der Waals surface area contributed by atoms with E-state index < -0.39 is 0 Å². The van der Waals surface area contributed by atoms with Crippen molar-refractivity contribution in [1.82, 2.24) is 10.2 Å². The quantitative estimate of drug-likeness (QED) is 0.151. The van der Waals surface area contributed by atoms with Crippen molar-refractivity contribution in [2.75, 3.05) is 19.6 Å². The lowest BCUT2D eigenvalue weighted by molar-refractivity contribution is -0.140. The van der Waals surface area contributed by atoms with Crippen LogP contribution in [0.4, 0.5) is 0 Å². The maximum Gasteiger partial charge on any atom is 0.233 e. The van der Waals surface area contributed by atoms with Gasteiger partial charge in [0.05, 0.1) is 11.8 Å². The van der Waals surface area contributed by atoms with Crippen LogP contribution in [0.1, 0.15) is 33.1 Å². The maximum atomic E-state index is 12.5. The van der Waals surface area contributed by atoms with Gasteiger partial charge in [0.15, 0.2) is 5.96 Å². The van der Waals surface area contributed by atoms with E-state index in [0.29, 0.717) is 31.4 Å². The lowest BCUT2D eigenvalue weighted by Gasteiger charge is -2.16. The zero-order chi connectivity index (χ0) is 17.3. The third-order valence-corrected chi connectivity index (χ3v) is 5.41. The molecule has 3 rings (SSSR count). The number of imide groups is 1. The Morgan fingerprint density at radius 3 is 2.44 bits per heavy atom. The first kappa shape index (κ1) is 20.2. The van der Waals surface area contributed by atoms with Gasteiger partial charge >= 0.3 is 0 Å². The summed E-state index contributed by atoms with van der Waals surface area (Å²) in [6.07, 6.45) is 6.92. The Hall–Kier alpha value is -1.12. The molecule has 140 valence electrons. The molecule has 0 aromatic heterocycles. The van der Waals surface area contributed by atoms with Crippen LogP contribution in [-0.4, -0.2) is 42.3 Å². The Balaban J connectivity index is 0.00000225. The molecule has 0 aromatic carbocycles. The smallest absolute Gasteiger partial charge is 0.233 e. The van der Waals surface area contributed by atoms with E-state index in [1.165, 1.54) is 4.90 Å². The fraction of sp³-hybridized carbons (Fsp3) is 0.722. The van der Waals surface area contributed by atoms with E-state index in [4.69, 9.17) is 5.73 Å². The van der Waals surface area contributed by atoms with Crippen LogP contribution in [0.15, 0.2) is 17.1 Å². The lowest BCUT2D eigenvalue weighted by Crippen LogP contribution is -2.35. The van der Waals surface area contributed by atoms with Gasteiger partial charge in [0.2, 0.25) is 11.8 Å². The second-order valence-electron chi connectivity index (χ2n) is 7.56. The van der Waals surface area contributed by atoms with E-state index in [1.54, 1.807) is 0 Å². The molecule has 1 saturated heterocycles. The summed E-state index contributed by atoms with van der Waals surface area (Å²) in [4.78, 5) is 30.8. The fourth-order valence-corrected chi connectivity index (χ4v) is 4.16. The van der Waals surface area contributed by atoms with E-state index in [9.17, 15) is 9.59 Å². The van der Waals surface area contributed by atoms with E-state index in [-0.39, 0.29) is 59.5 Å². The number of aliphatic imine (C=N–C) groups is 1. The molecule has 6 nitrogen and oxygen atoms in total. The first-order chi connectivity index (χ1) is 11.5. The average Bonchev–Trinajstić information content (AvgIpc) is 3.19. The van der Waals surface area contributed by atoms with Crippen molar-refractivity contribution in [3.05, 3.63) is 12.2 Å². The van der Waals surface area contributed by atoms with Gasteiger partial charge in [0.25, 0.3) is 0 Å². The second kappa shape index (κ2) is 8.51. The van der Waals surface area contributed by atoms with E-state index >= 15 is 0 Å². The van der Waals surface area contributed by atoms with Crippen LogP contribution in [0.3, 0.4) is 0 Å². The van der Waals surface area contributed by atoms with E-state index in [1.807, 2.05) is 0 Å². The van der Waals surface area contributed by atoms with Crippen molar-refractivity contribution in [2.45, 2.75) is 33.1 Å². The van der Waals surface area contributed by atoms with Gasteiger partial charge < -0.3 is 11.1 Å². The van der Waals surface area contributed by atoms with Gasteiger partial charge in [-0.05, 0) is 37.0 Å². The number of fused-ring (bicyclic) bond motifs is 5. The van der Waals surface area contributed by atoms with Crippen LogP contribution < -0.4 is 11.1 Å². The van der Waals surface area contributed by atoms with Gasteiger partial charge in [0, 0.05) is 19.6 Å². The summed E-state index contributed by atoms with van der Waals surface area (Å²) in [5.74, 6) is 1.47. The molecule has 0 spiro atoms. The first-order valence-electron chi connectivity index (χ1n) is 9.06. The number of hydrogen-bond acceptors (Lipinski definition) is 3. The SMILES string of the molecule is CC(C)CCNC(N)=NCCCN1C(=O)C2C3C=CC(C3)C2C1=O.I. The van der Waals surface area contributed by atoms with Crippen molar-refractivity contribution >= 4 is 41.8 Å². The van der Waals surface area contributed by atoms with Crippen molar-refractivity contribution in [3.8, 4) is 0 Å². The Morgan fingerprint density at radius 2 is 1.88 bits per heavy atom. The minimum Gasteiger partial charge on any atom is -0.370 e. The Morgan fingerprint density at radius 1 is 1.28 bits per heavy atom. The van der Waals surface area contributed by atoms with E-state index in [0.717, 1.165) is 19.4 Å². The topological polar surface area (TPSA) is 87.8 Å². The molecule has 2 amide bonds. The summed E-state index contributed by atoms with van der Waals surface area (Å²) in [7, 11) is 0. The van der Waals surface area contributed by atoms with Crippen LogP contribution in [-0.2, 0) is 9.59 Å². The Labute approximate surface area is 166 Å². The average molecular weight is 460 g/mol. The molecule has 4 unspecified atom stereocenters.